The predicted octanol–water partition coefficient (Wildman–Crippen LogP) is 2.05. The third-order valence-corrected chi connectivity index (χ3v) is 5.55. The minimum Gasteiger partial charge on any atom is -0.353 e. The van der Waals surface area contributed by atoms with Gasteiger partial charge in [0.15, 0.2) is 0 Å². The molecule has 1 aromatic rings. The molecule has 2 unspecified atom stereocenters. The van der Waals surface area contributed by atoms with E-state index in [0.717, 1.165) is 37.2 Å². The maximum atomic E-state index is 12.5. The van der Waals surface area contributed by atoms with Gasteiger partial charge in [0.2, 0.25) is 5.91 Å². The first kappa shape index (κ1) is 13.6. The van der Waals surface area contributed by atoms with Crippen molar-refractivity contribution in [3.05, 3.63) is 21.9 Å². The fourth-order valence-corrected chi connectivity index (χ4v) is 4.05. The van der Waals surface area contributed by atoms with Gasteiger partial charge in [0.1, 0.15) is 0 Å². The molecule has 2 aliphatic heterocycles. The van der Waals surface area contributed by atoms with E-state index in [-0.39, 0.29) is 17.9 Å². The Kier molecular flexibility index (Phi) is 3.78. The SMILES string of the molecule is CCc1ccc(C(=O)N2CCC3NC(=O)CCC3C2)s1. The van der Waals surface area contributed by atoms with Crippen molar-refractivity contribution in [3.63, 3.8) is 0 Å². The topological polar surface area (TPSA) is 49.4 Å². The van der Waals surface area contributed by atoms with Gasteiger partial charge in [0, 0.05) is 30.4 Å². The number of aryl methyl sites for hydroxylation is 1. The molecule has 1 N–H and O–H groups in total. The molecule has 2 fully saturated rings. The van der Waals surface area contributed by atoms with E-state index in [1.54, 1.807) is 11.3 Å². The van der Waals surface area contributed by atoms with Gasteiger partial charge >= 0.3 is 0 Å². The van der Waals surface area contributed by atoms with Crippen molar-refractivity contribution in [1.82, 2.24) is 10.2 Å². The summed E-state index contributed by atoms with van der Waals surface area (Å²) >= 11 is 1.60. The summed E-state index contributed by atoms with van der Waals surface area (Å²) in [5.74, 6) is 0.748. The Bertz CT molecular complexity index is 526. The Labute approximate surface area is 123 Å². The highest BCUT2D eigenvalue weighted by atomic mass is 32.1. The van der Waals surface area contributed by atoms with Crippen LogP contribution in [0.15, 0.2) is 12.1 Å². The molecule has 5 heteroatoms. The van der Waals surface area contributed by atoms with Crippen LogP contribution in [0, 0.1) is 5.92 Å². The zero-order valence-corrected chi connectivity index (χ0v) is 12.5. The van der Waals surface area contributed by atoms with E-state index >= 15 is 0 Å². The van der Waals surface area contributed by atoms with Crippen LogP contribution >= 0.6 is 11.3 Å². The Hall–Kier alpha value is -1.36. The third kappa shape index (κ3) is 2.59. The average Bonchev–Trinajstić information content (AvgIpc) is 2.95. The lowest BCUT2D eigenvalue weighted by Gasteiger charge is -2.41. The molecule has 0 saturated carbocycles. The Morgan fingerprint density at radius 3 is 3.05 bits per heavy atom. The number of hydrogen-bond donors (Lipinski definition) is 1. The quantitative estimate of drug-likeness (QED) is 0.907. The van der Waals surface area contributed by atoms with Crippen LogP contribution in [-0.4, -0.2) is 35.8 Å². The average molecular weight is 292 g/mol. The highest BCUT2D eigenvalue weighted by molar-refractivity contribution is 7.14. The van der Waals surface area contributed by atoms with Gasteiger partial charge < -0.3 is 10.2 Å². The first-order valence-electron chi connectivity index (χ1n) is 7.34. The Morgan fingerprint density at radius 2 is 2.30 bits per heavy atom. The summed E-state index contributed by atoms with van der Waals surface area (Å²) in [5, 5.41) is 3.06. The smallest absolute Gasteiger partial charge is 0.263 e. The van der Waals surface area contributed by atoms with Crippen molar-refractivity contribution < 1.29 is 9.59 Å². The van der Waals surface area contributed by atoms with Crippen LogP contribution in [0.5, 0.6) is 0 Å². The molecule has 0 spiro atoms. The minimum absolute atomic E-state index is 0.157. The number of carbonyl (C=O) groups is 2. The zero-order valence-electron chi connectivity index (χ0n) is 11.7. The van der Waals surface area contributed by atoms with Crippen LogP contribution in [-0.2, 0) is 11.2 Å². The van der Waals surface area contributed by atoms with Gasteiger partial charge in [0.05, 0.1) is 4.88 Å². The number of fused-ring (bicyclic) bond motifs is 1. The summed E-state index contributed by atoms with van der Waals surface area (Å²) in [4.78, 5) is 28.0. The molecule has 2 saturated heterocycles. The van der Waals surface area contributed by atoms with E-state index in [2.05, 4.69) is 12.2 Å². The van der Waals surface area contributed by atoms with E-state index in [1.165, 1.54) is 4.88 Å². The van der Waals surface area contributed by atoms with Gasteiger partial charge in [-0.25, -0.2) is 0 Å². The number of nitrogens with zero attached hydrogens (tertiary/aromatic N) is 1. The number of piperidine rings is 2. The number of rotatable bonds is 2. The number of carbonyl (C=O) groups excluding carboxylic acids is 2. The van der Waals surface area contributed by atoms with Crippen molar-refractivity contribution in [2.24, 2.45) is 5.92 Å². The largest absolute Gasteiger partial charge is 0.353 e. The summed E-state index contributed by atoms with van der Waals surface area (Å²) in [5.41, 5.74) is 0. The third-order valence-electron chi connectivity index (χ3n) is 4.33. The highest BCUT2D eigenvalue weighted by Gasteiger charge is 2.35. The van der Waals surface area contributed by atoms with Gasteiger partial charge in [-0.15, -0.1) is 11.3 Å². The van der Waals surface area contributed by atoms with Gasteiger partial charge in [-0.1, -0.05) is 6.92 Å². The second-order valence-electron chi connectivity index (χ2n) is 5.63. The normalized spacial score (nSPS) is 26.1. The van der Waals surface area contributed by atoms with Crippen LogP contribution in [0.2, 0.25) is 0 Å². The molecule has 0 bridgehead atoms. The first-order valence-corrected chi connectivity index (χ1v) is 8.16. The van der Waals surface area contributed by atoms with Crippen LogP contribution < -0.4 is 5.32 Å². The number of nitrogens with one attached hydrogen (secondary N) is 1. The van der Waals surface area contributed by atoms with E-state index in [9.17, 15) is 9.59 Å². The molecule has 3 rings (SSSR count). The molecule has 1 aromatic heterocycles. The Morgan fingerprint density at radius 1 is 1.45 bits per heavy atom. The van der Waals surface area contributed by atoms with Gasteiger partial charge in [-0.3, -0.25) is 9.59 Å². The van der Waals surface area contributed by atoms with Crippen molar-refractivity contribution in [3.8, 4) is 0 Å². The molecule has 108 valence electrons. The van der Waals surface area contributed by atoms with Crippen molar-refractivity contribution >= 4 is 23.2 Å². The second kappa shape index (κ2) is 5.56. The molecule has 2 aliphatic rings. The number of hydrogen-bond acceptors (Lipinski definition) is 3. The summed E-state index contributed by atoms with van der Waals surface area (Å²) in [6.07, 6.45) is 3.37. The van der Waals surface area contributed by atoms with Crippen LogP contribution in [0.1, 0.15) is 40.7 Å². The molecule has 4 nitrogen and oxygen atoms in total. The van der Waals surface area contributed by atoms with E-state index in [1.807, 2.05) is 17.0 Å². The lowest BCUT2D eigenvalue weighted by Crippen LogP contribution is -2.55. The van der Waals surface area contributed by atoms with Crippen molar-refractivity contribution in [2.75, 3.05) is 13.1 Å². The molecule has 2 amide bonds. The number of likely N-dealkylation sites (tertiary alicyclic amines) is 1. The lowest BCUT2D eigenvalue weighted by atomic mass is 9.85. The maximum absolute atomic E-state index is 12.5. The van der Waals surface area contributed by atoms with E-state index < -0.39 is 0 Å². The number of amides is 2. The van der Waals surface area contributed by atoms with Crippen molar-refractivity contribution in [1.29, 1.82) is 0 Å². The number of thiophene rings is 1. The maximum Gasteiger partial charge on any atom is 0.263 e. The Balaban J connectivity index is 1.66. The molecule has 3 heterocycles. The molecular formula is C15H20N2O2S. The summed E-state index contributed by atoms with van der Waals surface area (Å²) in [6, 6.07) is 4.27. The fraction of sp³-hybridized carbons (Fsp3) is 0.600. The van der Waals surface area contributed by atoms with Crippen LogP contribution in [0.4, 0.5) is 0 Å². The lowest BCUT2D eigenvalue weighted by molar-refractivity contribution is -0.125. The van der Waals surface area contributed by atoms with Crippen LogP contribution in [0.3, 0.4) is 0 Å². The first-order chi connectivity index (χ1) is 9.67. The highest BCUT2D eigenvalue weighted by Crippen LogP contribution is 2.27. The summed E-state index contributed by atoms with van der Waals surface area (Å²) in [7, 11) is 0. The van der Waals surface area contributed by atoms with Crippen LogP contribution in [0.25, 0.3) is 0 Å². The van der Waals surface area contributed by atoms with Gasteiger partial charge in [-0.05, 0) is 37.3 Å². The van der Waals surface area contributed by atoms with E-state index in [0.29, 0.717) is 12.3 Å². The molecule has 2 atom stereocenters. The fourth-order valence-electron chi connectivity index (χ4n) is 3.13. The summed E-state index contributed by atoms with van der Waals surface area (Å²) in [6.45, 7) is 3.64. The minimum atomic E-state index is 0.157. The monoisotopic (exact) mass is 292 g/mol. The predicted molar refractivity (Wildman–Crippen MR) is 78.9 cm³/mol. The molecule has 0 aliphatic carbocycles. The molecule has 0 radical (unpaired) electrons. The molecule has 0 aromatic carbocycles. The van der Waals surface area contributed by atoms with Gasteiger partial charge in [-0.2, -0.15) is 0 Å². The zero-order chi connectivity index (χ0) is 14.1. The standard InChI is InChI=1S/C15H20N2O2S/c1-2-11-4-5-13(20-11)15(19)17-8-7-12-10(9-17)3-6-14(18)16-12/h4-5,10,12H,2-3,6-9H2,1H3,(H,16,18). The van der Waals surface area contributed by atoms with E-state index in [4.69, 9.17) is 0 Å². The summed E-state index contributed by atoms with van der Waals surface area (Å²) < 4.78 is 0. The second-order valence-corrected chi connectivity index (χ2v) is 6.80. The van der Waals surface area contributed by atoms with Crippen molar-refractivity contribution in [2.45, 2.75) is 38.6 Å². The van der Waals surface area contributed by atoms with Gasteiger partial charge in [0.25, 0.3) is 5.91 Å². The molecular weight excluding hydrogens is 272 g/mol. The molecule has 20 heavy (non-hydrogen) atoms.